The minimum atomic E-state index is -0.894. The Kier molecular flexibility index (Phi) is 4.02. The predicted molar refractivity (Wildman–Crippen MR) is 75.5 cm³/mol. The lowest BCUT2D eigenvalue weighted by molar-refractivity contribution is -0.134. The minimum absolute atomic E-state index is 0.113. The highest BCUT2D eigenvalue weighted by Gasteiger charge is 2.05. The molecule has 0 aliphatic rings. The number of carbonyl (C=O) groups is 1. The van der Waals surface area contributed by atoms with Crippen molar-refractivity contribution in [3.8, 4) is 11.3 Å². The van der Waals surface area contributed by atoms with Crippen LogP contribution in [0, 0.1) is 6.92 Å². The second-order valence-corrected chi connectivity index (χ2v) is 4.58. The summed E-state index contributed by atoms with van der Waals surface area (Å²) in [5, 5.41) is 12.2. The topological polar surface area (TPSA) is 62.2 Å². The monoisotopic (exact) mass is 276 g/mol. The van der Waals surface area contributed by atoms with Crippen LogP contribution in [0.3, 0.4) is 0 Å². The molecule has 0 bridgehead atoms. The molecular formula is C14H13ClN2O2. The maximum atomic E-state index is 10.6. The first-order valence-corrected chi connectivity index (χ1v) is 6.12. The van der Waals surface area contributed by atoms with Crippen LogP contribution >= 0.6 is 11.6 Å². The molecule has 0 radical (unpaired) electrons. The van der Waals surface area contributed by atoms with E-state index >= 15 is 0 Å². The maximum absolute atomic E-state index is 10.6. The van der Waals surface area contributed by atoms with Gasteiger partial charge in [-0.05, 0) is 30.7 Å². The molecule has 2 N–H and O–H groups in total. The van der Waals surface area contributed by atoms with Crippen molar-refractivity contribution in [3.63, 3.8) is 0 Å². The van der Waals surface area contributed by atoms with E-state index in [1.54, 1.807) is 12.3 Å². The number of carboxylic acids is 1. The van der Waals surface area contributed by atoms with Crippen LogP contribution in [0.4, 0.5) is 5.69 Å². The number of benzene rings is 1. The Morgan fingerprint density at radius 1 is 1.37 bits per heavy atom. The number of aromatic nitrogens is 1. The van der Waals surface area contributed by atoms with E-state index in [0.717, 1.165) is 22.5 Å². The van der Waals surface area contributed by atoms with Crippen LogP contribution in [-0.2, 0) is 4.79 Å². The Labute approximate surface area is 116 Å². The summed E-state index contributed by atoms with van der Waals surface area (Å²) in [6.45, 7) is 1.81. The van der Waals surface area contributed by atoms with E-state index in [2.05, 4.69) is 10.3 Å². The minimum Gasteiger partial charge on any atom is -0.480 e. The number of hydrogen-bond donors (Lipinski definition) is 2. The van der Waals surface area contributed by atoms with Crippen molar-refractivity contribution in [3.05, 3.63) is 47.1 Å². The second-order valence-electron chi connectivity index (χ2n) is 4.14. The molecule has 4 nitrogen and oxygen atoms in total. The molecule has 98 valence electrons. The van der Waals surface area contributed by atoms with E-state index < -0.39 is 5.97 Å². The van der Waals surface area contributed by atoms with Gasteiger partial charge in [-0.3, -0.25) is 9.78 Å². The van der Waals surface area contributed by atoms with Gasteiger partial charge in [-0.2, -0.15) is 0 Å². The standard InChI is InChI=1S/C14H13ClN2O2/c1-9-2-3-10(6-13(9)17-8-14(18)19)12-5-4-11(15)7-16-12/h2-7,17H,8H2,1H3,(H,18,19). The van der Waals surface area contributed by atoms with Crippen LogP contribution in [0.15, 0.2) is 36.5 Å². The molecular weight excluding hydrogens is 264 g/mol. The van der Waals surface area contributed by atoms with Crippen molar-refractivity contribution in [2.24, 2.45) is 0 Å². The summed E-state index contributed by atoms with van der Waals surface area (Å²) in [6, 6.07) is 9.35. The number of aliphatic carboxylic acids is 1. The summed E-state index contributed by atoms with van der Waals surface area (Å²) in [6.07, 6.45) is 1.58. The molecule has 1 aromatic carbocycles. The van der Waals surface area contributed by atoms with Gasteiger partial charge in [0.25, 0.3) is 0 Å². The average Bonchev–Trinajstić information content (AvgIpc) is 2.39. The molecule has 0 amide bonds. The van der Waals surface area contributed by atoms with Gasteiger partial charge in [0.1, 0.15) is 6.54 Å². The zero-order valence-corrected chi connectivity index (χ0v) is 11.1. The van der Waals surface area contributed by atoms with E-state index in [1.165, 1.54) is 0 Å². The van der Waals surface area contributed by atoms with Crippen LogP contribution in [0.5, 0.6) is 0 Å². The molecule has 2 rings (SSSR count). The third-order valence-corrected chi connectivity index (χ3v) is 2.91. The van der Waals surface area contributed by atoms with Crippen molar-refractivity contribution < 1.29 is 9.90 Å². The number of nitrogens with one attached hydrogen (secondary N) is 1. The van der Waals surface area contributed by atoms with Crippen molar-refractivity contribution in [2.45, 2.75) is 6.92 Å². The molecule has 0 unspecified atom stereocenters. The fourth-order valence-electron chi connectivity index (χ4n) is 1.69. The summed E-state index contributed by atoms with van der Waals surface area (Å²) in [4.78, 5) is 14.8. The van der Waals surface area contributed by atoms with Gasteiger partial charge in [-0.25, -0.2) is 0 Å². The van der Waals surface area contributed by atoms with Crippen LogP contribution in [0.25, 0.3) is 11.3 Å². The quantitative estimate of drug-likeness (QED) is 0.900. The van der Waals surface area contributed by atoms with Crippen molar-refractivity contribution in [1.82, 2.24) is 4.98 Å². The number of halogens is 1. The van der Waals surface area contributed by atoms with Gasteiger partial charge in [0.2, 0.25) is 0 Å². The molecule has 0 aliphatic heterocycles. The highest BCUT2D eigenvalue weighted by atomic mass is 35.5. The lowest BCUT2D eigenvalue weighted by Gasteiger charge is -2.10. The number of anilines is 1. The fraction of sp³-hybridized carbons (Fsp3) is 0.143. The molecule has 1 heterocycles. The summed E-state index contributed by atoms with van der Waals surface area (Å²) >= 11 is 5.80. The Morgan fingerprint density at radius 2 is 2.16 bits per heavy atom. The van der Waals surface area contributed by atoms with Gasteiger partial charge < -0.3 is 10.4 Å². The van der Waals surface area contributed by atoms with E-state index in [-0.39, 0.29) is 6.54 Å². The van der Waals surface area contributed by atoms with E-state index in [9.17, 15) is 4.79 Å². The molecule has 1 aromatic heterocycles. The zero-order chi connectivity index (χ0) is 13.8. The van der Waals surface area contributed by atoms with Crippen LogP contribution < -0.4 is 5.32 Å². The van der Waals surface area contributed by atoms with Gasteiger partial charge in [-0.1, -0.05) is 23.7 Å². The van der Waals surface area contributed by atoms with E-state index in [4.69, 9.17) is 16.7 Å². The smallest absolute Gasteiger partial charge is 0.322 e. The van der Waals surface area contributed by atoms with Gasteiger partial charge >= 0.3 is 5.97 Å². The fourth-order valence-corrected chi connectivity index (χ4v) is 1.80. The Bertz CT molecular complexity index is 597. The predicted octanol–water partition coefficient (Wildman–Crippen LogP) is 3.21. The Balaban J connectivity index is 2.29. The summed E-state index contributed by atoms with van der Waals surface area (Å²) in [7, 11) is 0. The van der Waals surface area contributed by atoms with E-state index in [0.29, 0.717) is 5.02 Å². The maximum Gasteiger partial charge on any atom is 0.322 e. The summed E-state index contributed by atoms with van der Waals surface area (Å²) < 4.78 is 0. The number of nitrogens with zero attached hydrogens (tertiary/aromatic N) is 1. The molecule has 19 heavy (non-hydrogen) atoms. The number of rotatable bonds is 4. The SMILES string of the molecule is Cc1ccc(-c2ccc(Cl)cn2)cc1NCC(=O)O. The molecule has 0 saturated carbocycles. The number of aryl methyl sites for hydroxylation is 1. The highest BCUT2D eigenvalue weighted by Crippen LogP contribution is 2.24. The number of hydrogen-bond acceptors (Lipinski definition) is 3. The lowest BCUT2D eigenvalue weighted by Crippen LogP contribution is -2.13. The second kappa shape index (κ2) is 5.71. The number of carboxylic acid groups (broad SMARTS) is 1. The van der Waals surface area contributed by atoms with E-state index in [1.807, 2.05) is 31.2 Å². The number of pyridine rings is 1. The average molecular weight is 277 g/mol. The zero-order valence-electron chi connectivity index (χ0n) is 10.4. The first kappa shape index (κ1) is 13.4. The first-order chi connectivity index (χ1) is 9.06. The van der Waals surface area contributed by atoms with Crippen molar-refractivity contribution in [1.29, 1.82) is 0 Å². The van der Waals surface area contributed by atoms with Gasteiger partial charge in [0.15, 0.2) is 0 Å². The molecule has 0 spiro atoms. The summed E-state index contributed by atoms with van der Waals surface area (Å²) in [5.74, 6) is -0.894. The summed E-state index contributed by atoms with van der Waals surface area (Å²) in [5.41, 5.74) is 3.48. The normalized spacial score (nSPS) is 10.2. The van der Waals surface area contributed by atoms with Gasteiger partial charge in [0.05, 0.1) is 10.7 Å². The Morgan fingerprint density at radius 3 is 2.79 bits per heavy atom. The lowest BCUT2D eigenvalue weighted by atomic mass is 10.1. The van der Waals surface area contributed by atoms with Crippen LogP contribution in [0.1, 0.15) is 5.56 Å². The van der Waals surface area contributed by atoms with Crippen molar-refractivity contribution >= 4 is 23.3 Å². The molecule has 0 aliphatic carbocycles. The first-order valence-electron chi connectivity index (χ1n) is 5.74. The molecule has 0 fully saturated rings. The van der Waals surface area contributed by atoms with Gasteiger partial charge in [0, 0.05) is 17.4 Å². The Hall–Kier alpha value is -2.07. The van der Waals surface area contributed by atoms with Crippen molar-refractivity contribution in [2.75, 3.05) is 11.9 Å². The molecule has 0 saturated heterocycles. The highest BCUT2D eigenvalue weighted by molar-refractivity contribution is 6.30. The third kappa shape index (κ3) is 3.45. The molecule has 5 heteroatoms. The largest absolute Gasteiger partial charge is 0.480 e. The molecule has 2 aromatic rings. The van der Waals surface area contributed by atoms with Gasteiger partial charge in [-0.15, -0.1) is 0 Å². The third-order valence-electron chi connectivity index (χ3n) is 2.69. The van der Waals surface area contributed by atoms with Crippen LogP contribution in [-0.4, -0.2) is 22.6 Å². The van der Waals surface area contributed by atoms with Crippen LogP contribution in [0.2, 0.25) is 5.02 Å². The molecule has 0 atom stereocenters.